The summed E-state index contributed by atoms with van der Waals surface area (Å²) < 4.78 is 0. The van der Waals surface area contributed by atoms with Crippen LogP contribution in [0.5, 0.6) is 17.2 Å². The lowest BCUT2D eigenvalue weighted by Gasteiger charge is -2.13. The molecule has 0 amide bonds. The average molecular weight is 198 g/mol. The van der Waals surface area contributed by atoms with E-state index in [1.54, 1.807) is 0 Å². The van der Waals surface area contributed by atoms with Crippen LogP contribution in [-0.4, -0.2) is 21.9 Å². The third-order valence-electron chi connectivity index (χ3n) is 2.04. The van der Waals surface area contributed by atoms with Crippen molar-refractivity contribution in [2.45, 2.75) is 12.5 Å². The van der Waals surface area contributed by atoms with Crippen molar-refractivity contribution in [2.24, 2.45) is 11.5 Å². The Morgan fingerprint density at radius 2 is 1.79 bits per heavy atom. The van der Waals surface area contributed by atoms with Crippen LogP contribution in [0.3, 0.4) is 0 Å². The Labute approximate surface area is 81.6 Å². The lowest BCUT2D eigenvalue weighted by atomic mass is 10.0. The first-order valence-electron chi connectivity index (χ1n) is 4.27. The van der Waals surface area contributed by atoms with Crippen molar-refractivity contribution >= 4 is 0 Å². The molecule has 0 bridgehead atoms. The summed E-state index contributed by atoms with van der Waals surface area (Å²) in [6, 6.07) is 2.30. The summed E-state index contributed by atoms with van der Waals surface area (Å²) in [6.45, 7) is 0.391. The highest BCUT2D eigenvalue weighted by molar-refractivity contribution is 5.53. The molecular weight excluding hydrogens is 184 g/mol. The Morgan fingerprint density at radius 1 is 1.14 bits per heavy atom. The average Bonchev–Trinajstić information content (AvgIpc) is 2.15. The van der Waals surface area contributed by atoms with Gasteiger partial charge >= 0.3 is 0 Å². The van der Waals surface area contributed by atoms with Crippen molar-refractivity contribution in [3.8, 4) is 17.2 Å². The van der Waals surface area contributed by atoms with Gasteiger partial charge in [0.05, 0.1) is 0 Å². The second kappa shape index (κ2) is 4.17. The van der Waals surface area contributed by atoms with Crippen molar-refractivity contribution in [1.29, 1.82) is 0 Å². The fourth-order valence-electron chi connectivity index (χ4n) is 1.22. The number of hydrogen-bond acceptors (Lipinski definition) is 5. The molecule has 78 valence electrons. The Kier molecular flexibility index (Phi) is 3.16. The van der Waals surface area contributed by atoms with E-state index in [-0.39, 0.29) is 11.5 Å². The quantitative estimate of drug-likeness (QED) is 0.444. The normalized spacial score (nSPS) is 12.7. The van der Waals surface area contributed by atoms with Crippen LogP contribution < -0.4 is 11.5 Å². The summed E-state index contributed by atoms with van der Waals surface area (Å²) in [5.41, 5.74) is 11.4. The summed E-state index contributed by atoms with van der Waals surface area (Å²) in [4.78, 5) is 0. The van der Waals surface area contributed by atoms with Gasteiger partial charge in [-0.1, -0.05) is 0 Å². The number of rotatable bonds is 3. The van der Waals surface area contributed by atoms with Gasteiger partial charge in [0.15, 0.2) is 11.5 Å². The van der Waals surface area contributed by atoms with E-state index >= 15 is 0 Å². The van der Waals surface area contributed by atoms with E-state index in [0.717, 1.165) is 0 Å². The maximum absolute atomic E-state index is 9.44. The molecule has 1 aromatic rings. The Hall–Kier alpha value is -1.46. The van der Waals surface area contributed by atoms with E-state index in [1.165, 1.54) is 12.1 Å². The minimum Gasteiger partial charge on any atom is -0.504 e. The van der Waals surface area contributed by atoms with Gasteiger partial charge in [0.1, 0.15) is 0 Å². The van der Waals surface area contributed by atoms with Crippen LogP contribution in [0.25, 0.3) is 0 Å². The molecule has 14 heavy (non-hydrogen) atoms. The Balaban J connectivity index is 3.04. The van der Waals surface area contributed by atoms with Crippen LogP contribution in [0.15, 0.2) is 12.1 Å². The number of phenols is 3. The molecule has 5 heteroatoms. The van der Waals surface area contributed by atoms with E-state index in [4.69, 9.17) is 16.6 Å². The smallest absolute Gasteiger partial charge is 0.200 e. The first-order chi connectivity index (χ1) is 6.57. The van der Waals surface area contributed by atoms with Crippen molar-refractivity contribution in [1.82, 2.24) is 0 Å². The second-order valence-electron chi connectivity index (χ2n) is 3.05. The Bertz CT molecular complexity index is 328. The maximum atomic E-state index is 9.44. The van der Waals surface area contributed by atoms with Gasteiger partial charge in [-0.2, -0.15) is 0 Å². The van der Waals surface area contributed by atoms with Crippen molar-refractivity contribution < 1.29 is 15.3 Å². The van der Waals surface area contributed by atoms with Gasteiger partial charge in [0.25, 0.3) is 0 Å². The molecule has 0 aliphatic heterocycles. The first-order valence-corrected chi connectivity index (χ1v) is 4.27. The molecule has 0 spiro atoms. The molecular formula is C9H14N2O3. The number of benzene rings is 1. The molecule has 0 aliphatic carbocycles. The monoisotopic (exact) mass is 198 g/mol. The molecule has 0 saturated carbocycles. The molecule has 0 heterocycles. The largest absolute Gasteiger partial charge is 0.504 e. The molecule has 0 aromatic heterocycles. The van der Waals surface area contributed by atoms with Gasteiger partial charge in [0, 0.05) is 11.6 Å². The van der Waals surface area contributed by atoms with Crippen LogP contribution in [0.1, 0.15) is 18.0 Å². The standard InChI is InChI=1S/C9H14N2O3/c10-4-3-6(11)5-1-2-7(12)9(14)8(5)13/h1-2,6,12-14H,3-4,10-11H2/t6-/m0/s1. The van der Waals surface area contributed by atoms with Crippen molar-refractivity contribution in [3.63, 3.8) is 0 Å². The fraction of sp³-hybridized carbons (Fsp3) is 0.333. The molecule has 0 unspecified atom stereocenters. The minimum atomic E-state index is -0.546. The van der Waals surface area contributed by atoms with Gasteiger partial charge in [-0.15, -0.1) is 0 Å². The molecule has 7 N–H and O–H groups in total. The highest BCUT2D eigenvalue weighted by atomic mass is 16.3. The number of aromatic hydroxyl groups is 3. The number of phenolic OH excluding ortho intramolecular Hbond substituents is 3. The summed E-state index contributed by atoms with van der Waals surface area (Å²) in [7, 11) is 0. The van der Waals surface area contributed by atoms with Crippen LogP contribution in [0.2, 0.25) is 0 Å². The number of nitrogens with two attached hydrogens (primary N) is 2. The van der Waals surface area contributed by atoms with E-state index in [1.807, 2.05) is 0 Å². The topological polar surface area (TPSA) is 113 Å². The zero-order valence-electron chi connectivity index (χ0n) is 7.64. The minimum absolute atomic E-state index is 0.369. The molecule has 0 saturated heterocycles. The van der Waals surface area contributed by atoms with Gasteiger partial charge in [-0.3, -0.25) is 0 Å². The summed E-state index contributed by atoms with van der Waals surface area (Å²) in [5, 5.41) is 27.7. The predicted octanol–water partition coefficient (Wildman–Crippen LogP) is 0.152. The fourth-order valence-corrected chi connectivity index (χ4v) is 1.22. The van der Waals surface area contributed by atoms with Crippen LogP contribution in [0, 0.1) is 0 Å². The summed E-state index contributed by atoms with van der Waals surface area (Å²) in [6.07, 6.45) is 0.498. The van der Waals surface area contributed by atoms with Gasteiger partial charge in [-0.25, -0.2) is 0 Å². The van der Waals surface area contributed by atoms with Gasteiger partial charge < -0.3 is 26.8 Å². The molecule has 1 atom stereocenters. The SMILES string of the molecule is NCC[C@H](N)c1ccc(O)c(O)c1O. The van der Waals surface area contributed by atoms with Crippen molar-refractivity contribution in [3.05, 3.63) is 17.7 Å². The summed E-state index contributed by atoms with van der Waals surface area (Å²) in [5.74, 6) is -1.30. The third-order valence-corrected chi connectivity index (χ3v) is 2.04. The zero-order chi connectivity index (χ0) is 10.7. The third kappa shape index (κ3) is 1.89. The molecule has 5 nitrogen and oxygen atoms in total. The van der Waals surface area contributed by atoms with Crippen LogP contribution in [0.4, 0.5) is 0 Å². The van der Waals surface area contributed by atoms with Gasteiger partial charge in [-0.05, 0) is 25.1 Å². The van der Waals surface area contributed by atoms with Crippen molar-refractivity contribution in [2.75, 3.05) is 6.54 Å². The first kappa shape index (κ1) is 10.6. The molecule has 0 fully saturated rings. The van der Waals surface area contributed by atoms with E-state index in [0.29, 0.717) is 18.5 Å². The second-order valence-corrected chi connectivity index (χ2v) is 3.05. The lowest BCUT2D eigenvalue weighted by molar-refractivity contribution is 0.362. The Morgan fingerprint density at radius 3 is 2.36 bits per heavy atom. The maximum Gasteiger partial charge on any atom is 0.200 e. The van der Waals surface area contributed by atoms with Crippen LogP contribution >= 0.6 is 0 Å². The van der Waals surface area contributed by atoms with E-state index in [9.17, 15) is 10.2 Å². The highest BCUT2D eigenvalue weighted by Gasteiger charge is 2.15. The molecule has 0 aliphatic rings. The van der Waals surface area contributed by atoms with Gasteiger partial charge in [0.2, 0.25) is 5.75 Å². The predicted molar refractivity (Wildman–Crippen MR) is 52.0 cm³/mol. The molecule has 1 rings (SSSR count). The van der Waals surface area contributed by atoms with Crippen LogP contribution in [-0.2, 0) is 0 Å². The van der Waals surface area contributed by atoms with E-state index in [2.05, 4.69) is 0 Å². The molecule has 1 aromatic carbocycles. The highest BCUT2D eigenvalue weighted by Crippen LogP contribution is 2.39. The molecule has 0 radical (unpaired) electrons. The number of hydrogen-bond donors (Lipinski definition) is 5. The zero-order valence-corrected chi connectivity index (χ0v) is 7.64. The lowest BCUT2D eigenvalue weighted by Crippen LogP contribution is -2.15. The van der Waals surface area contributed by atoms with E-state index < -0.39 is 11.8 Å². The summed E-state index contributed by atoms with van der Waals surface area (Å²) >= 11 is 0.